The van der Waals surface area contributed by atoms with Crippen LogP contribution in [0.3, 0.4) is 0 Å². The maximum atomic E-state index is 6.07. The van der Waals surface area contributed by atoms with E-state index in [4.69, 9.17) is 21.1 Å². The molecular weight excluding hydrogens is 346 g/mol. The third-order valence-corrected chi connectivity index (χ3v) is 5.21. The summed E-state index contributed by atoms with van der Waals surface area (Å²) in [5.74, 6) is 2.53. The smallest absolute Gasteiger partial charge is 0.137 e. The second-order valence-corrected chi connectivity index (χ2v) is 7.28. The van der Waals surface area contributed by atoms with Gasteiger partial charge in [-0.1, -0.05) is 55.8 Å². The van der Waals surface area contributed by atoms with Crippen molar-refractivity contribution in [3.05, 3.63) is 53.6 Å². The molecule has 0 aromatic heterocycles. The number of nitrogens with one attached hydrogen (secondary N) is 1. The van der Waals surface area contributed by atoms with E-state index in [9.17, 15) is 0 Å². The van der Waals surface area contributed by atoms with Crippen LogP contribution in [0.2, 0.25) is 5.02 Å². The van der Waals surface area contributed by atoms with Gasteiger partial charge in [0, 0.05) is 12.2 Å². The molecular formula is C22H28ClNO2. The van der Waals surface area contributed by atoms with Crippen LogP contribution in [-0.2, 0) is 0 Å². The lowest BCUT2D eigenvalue weighted by Crippen LogP contribution is -2.12. The monoisotopic (exact) mass is 373 g/mol. The van der Waals surface area contributed by atoms with Crippen LogP contribution >= 0.6 is 11.6 Å². The highest BCUT2D eigenvalue weighted by molar-refractivity contribution is 6.32. The Kier molecular flexibility index (Phi) is 7.51. The summed E-state index contributed by atoms with van der Waals surface area (Å²) in [6.07, 6.45) is 8.13. The topological polar surface area (TPSA) is 30.5 Å². The maximum absolute atomic E-state index is 6.07. The van der Waals surface area contributed by atoms with Gasteiger partial charge in [0.15, 0.2) is 0 Å². The maximum Gasteiger partial charge on any atom is 0.137 e. The molecule has 0 aliphatic heterocycles. The summed E-state index contributed by atoms with van der Waals surface area (Å²) < 4.78 is 11.6. The quantitative estimate of drug-likeness (QED) is 0.532. The van der Waals surface area contributed by atoms with E-state index in [2.05, 4.69) is 5.32 Å². The van der Waals surface area contributed by atoms with Gasteiger partial charge >= 0.3 is 0 Å². The highest BCUT2D eigenvalue weighted by atomic mass is 35.5. The van der Waals surface area contributed by atoms with Crippen LogP contribution in [0.1, 0.15) is 38.5 Å². The van der Waals surface area contributed by atoms with Gasteiger partial charge in [-0.15, -0.1) is 0 Å². The molecule has 26 heavy (non-hydrogen) atoms. The Morgan fingerprint density at radius 2 is 1.65 bits per heavy atom. The van der Waals surface area contributed by atoms with E-state index in [1.165, 1.54) is 38.5 Å². The minimum Gasteiger partial charge on any atom is -0.494 e. The summed E-state index contributed by atoms with van der Waals surface area (Å²) in [5.41, 5.74) is 1.06. The number of anilines is 1. The van der Waals surface area contributed by atoms with Crippen molar-refractivity contribution in [1.82, 2.24) is 0 Å². The molecule has 1 aliphatic rings. The van der Waals surface area contributed by atoms with Gasteiger partial charge in [-0.3, -0.25) is 0 Å². The lowest BCUT2D eigenvalue weighted by molar-refractivity contribution is 0.246. The molecule has 0 radical (unpaired) electrons. The van der Waals surface area contributed by atoms with Crippen molar-refractivity contribution in [3.63, 3.8) is 0 Å². The Hall–Kier alpha value is -1.87. The molecule has 140 valence electrons. The Morgan fingerprint density at radius 1 is 0.885 bits per heavy atom. The fourth-order valence-corrected chi connectivity index (χ4v) is 3.60. The highest BCUT2D eigenvalue weighted by Gasteiger charge is 2.13. The van der Waals surface area contributed by atoms with Crippen molar-refractivity contribution in [2.75, 3.05) is 25.1 Å². The first-order valence-electron chi connectivity index (χ1n) is 9.65. The molecule has 3 nitrogen and oxygen atoms in total. The van der Waals surface area contributed by atoms with Gasteiger partial charge in [0.2, 0.25) is 0 Å². The summed E-state index contributed by atoms with van der Waals surface area (Å²) in [6.45, 7) is 2.10. The summed E-state index contributed by atoms with van der Waals surface area (Å²) >= 11 is 6.07. The lowest BCUT2D eigenvalue weighted by Gasteiger charge is -2.21. The normalized spacial score (nSPS) is 14.8. The summed E-state index contributed by atoms with van der Waals surface area (Å²) in [7, 11) is 0. The zero-order valence-electron chi connectivity index (χ0n) is 15.3. The van der Waals surface area contributed by atoms with Crippen LogP contribution in [0.5, 0.6) is 11.5 Å². The molecule has 0 spiro atoms. The molecule has 0 saturated heterocycles. The molecule has 3 rings (SSSR count). The third kappa shape index (κ3) is 6.14. The number of hydrogen-bond donors (Lipinski definition) is 1. The minimum absolute atomic E-state index is 0.559. The number of halogens is 1. The van der Waals surface area contributed by atoms with Gasteiger partial charge < -0.3 is 14.8 Å². The SMILES string of the molecule is Clc1ccccc1OCCNc1ccc(OCCC2CCCCC2)cc1. The number of ether oxygens (including phenoxy) is 2. The first-order chi connectivity index (χ1) is 12.8. The van der Waals surface area contributed by atoms with Gasteiger partial charge in [-0.25, -0.2) is 0 Å². The number of benzene rings is 2. The van der Waals surface area contributed by atoms with Gasteiger partial charge in [0.25, 0.3) is 0 Å². The zero-order chi connectivity index (χ0) is 18.0. The minimum atomic E-state index is 0.559. The predicted octanol–water partition coefficient (Wildman–Crippen LogP) is 6.18. The Labute approximate surface area is 161 Å². The van der Waals surface area contributed by atoms with Crippen LogP contribution in [0.4, 0.5) is 5.69 Å². The molecule has 4 heteroatoms. The highest BCUT2D eigenvalue weighted by Crippen LogP contribution is 2.26. The Balaban J connectivity index is 1.33. The number of hydrogen-bond acceptors (Lipinski definition) is 3. The average Bonchev–Trinajstić information content (AvgIpc) is 2.68. The standard InChI is InChI=1S/C22H28ClNO2/c23-21-8-4-5-9-22(21)26-17-15-24-19-10-12-20(13-11-19)25-16-14-18-6-2-1-3-7-18/h4-5,8-13,18,24H,1-3,6-7,14-17H2. The van der Waals surface area contributed by atoms with Crippen LogP contribution in [0.15, 0.2) is 48.5 Å². The molecule has 0 heterocycles. The lowest BCUT2D eigenvalue weighted by atomic mass is 9.87. The van der Waals surface area contributed by atoms with Crippen LogP contribution in [0.25, 0.3) is 0 Å². The van der Waals surface area contributed by atoms with Gasteiger partial charge in [0.05, 0.1) is 11.6 Å². The first kappa shape index (κ1) is 18.9. The average molecular weight is 374 g/mol. The van der Waals surface area contributed by atoms with E-state index in [0.29, 0.717) is 18.2 Å². The Morgan fingerprint density at radius 3 is 2.42 bits per heavy atom. The van der Waals surface area contributed by atoms with Gasteiger partial charge in [-0.05, 0) is 48.7 Å². The van der Waals surface area contributed by atoms with Crippen molar-refractivity contribution in [2.24, 2.45) is 5.92 Å². The van der Waals surface area contributed by atoms with E-state index in [-0.39, 0.29) is 0 Å². The third-order valence-electron chi connectivity index (χ3n) is 4.90. The second-order valence-electron chi connectivity index (χ2n) is 6.87. The van der Waals surface area contributed by atoms with Gasteiger partial charge in [0.1, 0.15) is 18.1 Å². The van der Waals surface area contributed by atoms with E-state index in [1.807, 2.05) is 48.5 Å². The first-order valence-corrected chi connectivity index (χ1v) is 10.0. The number of para-hydroxylation sites is 1. The van der Waals surface area contributed by atoms with Crippen molar-refractivity contribution in [2.45, 2.75) is 38.5 Å². The fraction of sp³-hybridized carbons (Fsp3) is 0.455. The van der Waals surface area contributed by atoms with Crippen molar-refractivity contribution >= 4 is 17.3 Å². The molecule has 1 fully saturated rings. The second kappa shape index (κ2) is 10.3. The van der Waals surface area contributed by atoms with Crippen molar-refractivity contribution in [1.29, 1.82) is 0 Å². The van der Waals surface area contributed by atoms with Crippen molar-refractivity contribution < 1.29 is 9.47 Å². The summed E-state index contributed by atoms with van der Waals surface area (Å²) in [5, 5.41) is 3.99. The summed E-state index contributed by atoms with van der Waals surface area (Å²) in [4.78, 5) is 0. The predicted molar refractivity (Wildman–Crippen MR) is 109 cm³/mol. The molecule has 0 atom stereocenters. The fourth-order valence-electron chi connectivity index (χ4n) is 3.41. The van der Waals surface area contributed by atoms with E-state index < -0.39 is 0 Å². The summed E-state index contributed by atoms with van der Waals surface area (Å²) in [6, 6.07) is 15.7. The molecule has 0 amide bonds. The van der Waals surface area contributed by atoms with Gasteiger partial charge in [-0.2, -0.15) is 0 Å². The molecule has 1 aliphatic carbocycles. The largest absolute Gasteiger partial charge is 0.494 e. The van der Waals surface area contributed by atoms with E-state index >= 15 is 0 Å². The zero-order valence-corrected chi connectivity index (χ0v) is 16.0. The molecule has 2 aromatic rings. The van der Waals surface area contributed by atoms with E-state index in [1.54, 1.807) is 0 Å². The molecule has 1 saturated carbocycles. The van der Waals surface area contributed by atoms with E-state index in [0.717, 1.165) is 29.7 Å². The van der Waals surface area contributed by atoms with Crippen LogP contribution in [-0.4, -0.2) is 19.8 Å². The van der Waals surface area contributed by atoms with Crippen LogP contribution in [0, 0.1) is 5.92 Å². The molecule has 0 unspecified atom stereocenters. The van der Waals surface area contributed by atoms with Crippen molar-refractivity contribution in [3.8, 4) is 11.5 Å². The molecule has 1 N–H and O–H groups in total. The van der Waals surface area contributed by atoms with Crippen LogP contribution < -0.4 is 14.8 Å². The molecule has 0 bridgehead atoms. The Bertz CT molecular complexity index is 653. The number of rotatable bonds is 9. The molecule has 2 aromatic carbocycles.